The molecule has 0 saturated heterocycles. The Bertz CT molecular complexity index is 1300. The maximum atomic E-state index is 12.1. The highest BCUT2D eigenvalue weighted by atomic mass is 16.6. The van der Waals surface area contributed by atoms with Crippen molar-refractivity contribution >= 4 is 28.4 Å². The minimum atomic E-state index is -0.485. The second-order valence-corrected chi connectivity index (χ2v) is 6.63. The van der Waals surface area contributed by atoms with Crippen LogP contribution in [-0.4, -0.2) is 44.7 Å². The van der Waals surface area contributed by atoms with Crippen LogP contribution in [0.3, 0.4) is 0 Å². The first-order valence-electron chi connectivity index (χ1n) is 9.58. The molecule has 0 saturated carbocycles. The zero-order valence-electron chi connectivity index (χ0n) is 17.3. The summed E-state index contributed by atoms with van der Waals surface area (Å²) in [6.45, 7) is -0.257. The number of amides is 1. The van der Waals surface area contributed by atoms with E-state index in [9.17, 15) is 14.9 Å². The van der Waals surface area contributed by atoms with Gasteiger partial charge in [-0.2, -0.15) is 0 Å². The molecule has 0 unspecified atom stereocenters. The molecule has 2 N–H and O–H groups in total. The molecule has 0 spiro atoms. The third kappa shape index (κ3) is 5.07. The molecule has 166 valence electrons. The SMILES string of the molecule is COc1ccc2c(OCC(=O)NNc3ncc(-c4ccc([N+](=O)[O-])cc4)nn3)ccnc2c1. The van der Waals surface area contributed by atoms with Gasteiger partial charge in [0.25, 0.3) is 17.5 Å². The van der Waals surface area contributed by atoms with Crippen molar-refractivity contribution in [2.45, 2.75) is 0 Å². The van der Waals surface area contributed by atoms with Crippen molar-refractivity contribution in [2.75, 3.05) is 19.1 Å². The van der Waals surface area contributed by atoms with Gasteiger partial charge in [0.2, 0.25) is 0 Å². The molecule has 4 rings (SSSR count). The molecule has 0 aliphatic rings. The second kappa shape index (κ2) is 9.51. The van der Waals surface area contributed by atoms with Crippen molar-refractivity contribution < 1.29 is 19.2 Å². The number of methoxy groups -OCH3 is 1. The standard InChI is InChI=1S/C21H17N7O5/c1-32-15-6-7-16-17(10-15)22-9-8-19(16)33-12-20(29)25-27-21-23-11-18(24-26-21)13-2-4-14(5-3-13)28(30)31/h2-11H,12H2,1H3,(H,25,29)(H,23,26,27). The number of nitro benzene ring substituents is 1. The number of aromatic nitrogens is 4. The third-order valence-electron chi connectivity index (χ3n) is 4.52. The number of pyridine rings is 1. The smallest absolute Gasteiger partial charge is 0.276 e. The van der Waals surface area contributed by atoms with E-state index in [-0.39, 0.29) is 18.2 Å². The van der Waals surface area contributed by atoms with E-state index in [1.807, 2.05) is 0 Å². The van der Waals surface area contributed by atoms with Crippen molar-refractivity contribution in [1.82, 2.24) is 25.6 Å². The van der Waals surface area contributed by atoms with E-state index in [2.05, 4.69) is 31.0 Å². The Labute approximate surface area is 186 Å². The Hall–Kier alpha value is -4.87. The predicted octanol–water partition coefficient (Wildman–Crippen LogP) is 2.53. The molecule has 0 aliphatic carbocycles. The van der Waals surface area contributed by atoms with E-state index in [4.69, 9.17) is 9.47 Å². The molecule has 4 aromatic rings. The fourth-order valence-electron chi connectivity index (χ4n) is 2.88. The number of benzene rings is 2. The van der Waals surface area contributed by atoms with Crippen molar-refractivity contribution in [1.29, 1.82) is 0 Å². The molecule has 12 heteroatoms. The lowest BCUT2D eigenvalue weighted by Crippen LogP contribution is -2.34. The summed E-state index contributed by atoms with van der Waals surface area (Å²) in [5.74, 6) is 0.775. The topological polar surface area (TPSA) is 154 Å². The first-order valence-corrected chi connectivity index (χ1v) is 9.58. The number of anilines is 1. The molecule has 0 aliphatic heterocycles. The number of nitrogens with one attached hydrogen (secondary N) is 2. The van der Waals surface area contributed by atoms with Crippen molar-refractivity contribution in [3.8, 4) is 22.8 Å². The number of hydrogen-bond acceptors (Lipinski definition) is 10. The largest absolute Gasteiger partial charge is 0.497 e. The van der Waals surface area contributed by atoms with Crippen LogP contribution in [-0.2, 0) is 4.79 Å². The van der Waals surface area contributed by atoms with E-state index in [1.54, 1.807) is 49.7 Å². The molecule has 2 heterocycles. The van der Waals surface area contributed by atoms with Gasteiger partial charge in [-0.1, -0.05) is 0 Å². The Morgan fingerprint density at radius 2 is 1.91 bits per heavy atom. The number of non-ortho nitro benzene ring substituents is 1. The molecular formula is C21H17N7O5. The predicted molar refractivity (Wildman–Crippen MR) is 117 cm³/mol. The third-order valence-corrected chi connectivity index (χ3v) is 4.52. The second-order valence-electron chi connectivity index (χ2n) is 6.63. The number of nitrogens with zero attached hydrogens (tertiary/aromatic N) is 5. The van der Waals surface area contributed by atoms with Crippen LogP contribution in [0.5, 0.6) is 11.5 Å². The van der Waals surface area contributed by atoms with Crippen LogP contribution in [0.4, 0.5) is 11.6 Å². The van der Waals surface area contributed by atoms with E-state index in [0.29, 0.717) is 28.3 Å². The minimum Gasteiger partial charge on any atom is -0.497 e. The molecule has 0 fully saturated rings. The summed E-state index contributed by atoms with van der Waals surface area (Å²) >= 11 is 0. The fraction of sp³-hybridized carbons (Fsp3) is 0.0952. The highest BCUT2D eigenvalue weighted by Crippen LogP contribution is 2.27. The average molecular weight is 447 g/mol. The Balaban J connectivity index is 1.32. The Kier molecular flexibility index (Phi) is 6.16. The summed E-state index contributed by atoms with van der Waals surface area (Å²) < 4.78 is 10.8. The summed E-state index contributed by atoms with van der Waals surface area (Å²) in [6, 6.07) is 12.9. The van der Waals surface area contributed by atoms with Gasteiger partial charge < -0.3 is 9.47 Å². The molecule has 12 nitrogen and oxygen atoms in total. The van der Waals surface area contributed by atoms with Crippen molar-refractivity contribution in [3.05, 3.63) is 71.0 Å². The van der Waals surface area contributed by atoms with Gasteiger partial charge >= 0.3 is 0 Å². The monoisotopic (exact) mass is 447 g/mol. The van der Waals surface area contributed by atoms with Crippen LogP contribution in [0, 0.1) is 10.1 Å². The van der Waals surface area contributed by atoms with Crippen molar-refractivity contribution in [3.63, 3.8) is 0 Å². The van der Waals surface area contributed by atoms with Gasteiger partial charge in [-0.25, -0.2) is 4.98 Å². The van der Waals surface area contributed by atoms with Gasteiger partial charge in [0.15, 0.2) is 6.61 Å². The fourth-order valence-corrected chi connectivity index (χ4v) is 2.88. The summed E-state index contributed by atoms with van der Waals surface area (Å²) in [5.41, 5.74) is 6.67. The maximum absolute atomic E-state index is 12.1. The molecule has 1 amide bonds. The van der Waals surface area contributed by atoms with Gasteiger partial charge in [0.1, 0.15) is 17.2 Å². The average Bonchev–Trinajstić information content (AvgIpc) is 2.86. The zero-order valence-corrected chi connectivity index (χ0v) is 17.3. The van der Waals surface area contributed by atoms with Gasteiger partial charge in [0.05, 0.1) is 23.7 Å². The Morgan fingerprint density at radius 1 is 1.09 bits per heavy atom. The van der Waals surface area contributed by atoms with E-state index >= 15 is 0 Å². The highest BCUT2D eigenvalue weighted by Gasteiger charge is 2.10. The molecule has 2 aromatic heterocycles. The normalized spacial score (nSPS) is 10.5. The molecule has 0 radical (unpaired) electrons. The quantitative estimate of drug-likeness (QED) is 0.304. The van der Waals surface area contributed by atoms with Gasteiger partial charge in [-0.15, -0.1) is 10.2 Å². The van der Waals surface area contributed by atoms with Crippen LogP contribution in [0.25, 0.3) is 22.2 Å². The minimum absolute atomic E-state index is 0.0256. The van der Waals surface area contributed by atoms with Crippen LogP contribution in [0.2, 0.25) is 0 Å². The van der Waals surface area contributed by atoms with Crippen LogP contribution >= 0.6 is 0 Å². The van der Waals surface area contributed by atoms with Crippen LogP contribution in [0.1, 0.15) is 0 Å². The summed E-state index contributed by atoms with van der Waals surface area (Å²) in [7, 11) is 1.57. The summed E-state index contributed by atoms with van der Waals surface area (Å²) in [6.07, 6.45) is 3.01. The van der Waals surface area contributed by atoms with Gasteiger partial charge in [0, 0.05) is 35.3 Å². The zero-order chi connectivity index (χ0) is 23.2. The number of ether oxygens (including phenoxy) is 2. The number of hydrazine groups is 1. The Morgan fingerprint density at radius 3 is 2.61 bits per heavy atom. The molecule has 33 heavy (non-hydrogen) atoms. The lowest BCUT2D eigenvalue weighted by molar-refractivity contribution is -0.384. The summed E-state index contributed by atoms with van der Waals surface area (Å²) in [5, 5.41) is 19.4. The number of fused-ring (bicyclic) bond motifs is 1. The van der Waals surface area contributed by atoms with Crippen LogP contribution in [0.15, 0.2) is 60.9 Å². The number of hydrogen-bond donors (Lipinski definition) is 2. The van der Waals surface area contributed by atoms with E-state index in [1.165, 1.54) is 18.3 Å². The van der Waals surface area contributed by atoms with Crippen molar-refractivity contribution in [2.24, 2.45) is 0 Å². The molecule has 0 bridgehead atoms. The lowest BCUT2D eigenvalue weighted by Gasteiger charge is -2.10. The number of nitro groups is 1. The van der Waals surface area contributed by atoms with E-state index in [0.717, 1.165) is 5.39 Å². The molecule has 0 atom stereocenters. The maximum Gasteiger partial charge on any atom is 0.276 e. The van der Waals surface area contributed by atoms with E-state index < -0.39 is 10.8 Å². The first-order chi connectivity index (χ1) is 16.0. The first kappa shape index (κ1) is 21.4. The number of rotatable bonds is 8. The highest BCUT2D eigenvalue weighted by molar-refractivity contribution is 5.86. The van der Waals surface area contributed by atoms with Gasteiger partial charge in [-0.3, -0.25) is 30.7 Å². The van der Waals surface area contributed by atoms with Crippen LogP contribution < -0.4 is 20.3 Å². The molecular weight excluding hydrogens is 430 g/mol. The number of carbonyl (C=O) groups excluding carboxylic acids is 1. The number of carbonyl (C=O) groups is 1. The summed E-state index contributed by atoms with van der Waals surface area (Å²) in [4.78, 5) is 30.7. The molecule has 2 aromatic carbocycles. The lowest BCUT2D eigenvalue weighted by atomic mass is 10.1. The van der Waals surface area contributed by atoms with Gasteiger partial charge in [-0.05, 0) is 30.3 Å².